The van der Waals surface area contributed by atoms with Gasteiger partial charge < -0.3 is 9.88 Å². The third kappa shape index (κ3) is 3.96. The molecule has 0 aliphatic rings. The molecule has 2 heterocycles. The standard InChI is InChI=1S/C23H22FN5O3/c1-3-27-14-25-21-20(27)22(31)29(23(32)28(21)12-16-7-5-4-6-8-16)13-19(30)26-17-10-9-15(2)18(24)11-17/h4-11,14H,3,12-13H2,1-2H3,(H,26,30). The van der Waals surface area contributed by atoms with Gasteiger partial charge in [-0.3, -0.25) is 14.2 Å². The average molecular weight is 435 g/mol. The zero-order valence-corrected chi connectivity index (χ0v) is 17.7. The second-order valence-electron chi connectivity index (χ2n) is 7.46. The Balaban J connectivity index is 1.76. The number of imidazole rings is 1. The van der Waals surface area contributed by atoms with Crippen molar-refractivity contribution in [2.24, 2.45) is 0 Å². The molecule has 1 N–H and O–H groups in total. The number of rotatable bonds is 6. The van der Waals surface area contributed by atoms with E-state index in [1.165, 1.54) is 23.0 Å². The van der Waals surface area contributed by atoms with Crippen LogP contribution in [-0.4, -0.2) is 24.6 Å². The maximum atomic E-state index is 13.8. The predicted octanol–water partition coefficient (Wildman–Crippen LogP) is 2.51. The number of amides is 1. The van der Waals surface area contributed by atoms with Gasteiger partial charge in [0.05, 0.1) is 12.9 Å². The minimum atomic E-state index is -0.641. The van der Waals surface area contributed by atoms with Crippen molar-refractivity contribution in [3.63, 3.8) is 0 Å². The molecule has 0 unspecified atom stereocenters. The van der Waals surface area contributed by atoms with E-state index in [2.05, 4.69) is 10.3 Å². The first-order valence-corrected chi connectivity index (χ1v) is 10.2. The summed E-state index contributed by atoms with van der Waals surface area (Å²) in [6, 6.07) is 13.6. The van der Waals surface area contributed by atoms with Gasteiger partial charge in [-0.2, -0.15) is 0 Å². The second kappa shape index (κ2) is 8.62. The predicted molar refractivity (Wildman–Crippen MR) is 119 cm³/mol. The molecule has 9 heteroatoms. The van der Waals surface area contributed by atoms with Gasteiger partial charge in [0.15, 0.2) is 11.2 Å². The molecule has 4 rings (SSSR count). The number of fused-ring (bicyclic) bond motifs is 1. The highest BCUT2D eigenvalue weighted by Gasteiger charge is 2.19. The summed E-state index contributed by atoms with van der Waals surface area (Å²) >= 11 is 0. The number of nitrogens with one attached hydrogen (secondary N) is 1. The van der Waals surface area contributed by atoms with Crippen molar-refractivity contribution in [2.45, 2.75) is 33.5 Å². The Morgan fingerprint density at radius 1 is 1.09 bits per heavy atom. The molecular formula is C23H22FN5O3. The highest BCUT2D eigenvalue weighted by molar-refractivity contribution is 5.90. The van der Waals surface area contributed by atoms with E-state index in [1.807, 2.05) is 37.3 Å². The molecule has 0 aliphatic heterocycles. The summed E-state index contributed by atoms with van der Waals surface area (Å²) in [5, 5.41) is 2.54. The number of hydrogen-bond acceptors (Lipinski definition) is 4. The fourth-order valence-electron chi connectivity index (χ4n) is 3.54. The van der Waals surface area contributed by atoms with Gasteiger partial charge in [0.2, 0.25) is 5.91 Å². The molecule has 0 bridgehead atoms. The van der Waals surface area contributed by atoms with Crippen molar-refractivity contribution in [1.29, 1.82) is 0 Å². The van der Waals surface area contributed by atoms with Crippen LogP contribution in [-0.2, 0) is 24.4 Å². The molecule has 0 saturated carbocycles. The monoisotopic (exact) mass is 435 g/mol. The van der Waals surface area contributed by atoms with E-state index >= 15 is 0 Å². The quantitative estimate of drug-likeness (QED) is 0.504. The summed E-state index contributed by atoms with van der Waals surface area (Å²) in [5.74, 6) is -1.07. The van der Waals surface area contributed by atoms with Crippen molar-refractivity contribution in [3.05, 3.63) is 92.6 Å². The summed E-state index contributed by atoms with van der Waals surface area (Å²) in [4.78, 5) is 43.3. The van der Waals surface area contributed by atoms with Crippen molar-refractivity contribution in [3.8, 4) is 0 Å². The van der Waals surface area contributed by atoms with Crippen LogP contribution < -0.4 is 16.6 Å². The Kier molecular flexibility index (Phi) is 5.72. The summed E-state index contributed by atoms with van der Waals surface area (Å²) in [6.45, 7) is 3.64. The van der Waals surface area contributed by atoms with E-state index < -0.39 is 29.5 Å². The van der Waals surface area contributed by atoms with E-state index in [9.17, 15) is 18.8 Å². The lowest BCUT2D eigenvalue weighted by Crippen LogP contribution is -2.43. The Morgan fingerprint density at radius 2 is 1.84 bits per heavy atom. The number of aryl methyl sites for hydroxylation is 2. The molecular weight excluding hydrogens is 413 g/mol. The van der Waals surface area contributed by atoms with Gasteiger partial charge in [-0.15, -0.1) is 0 Å². The molecule has 0 atom stereocenters. The maximum absolute atomic E-state index is 13.8. The summed E-state index contributed by atoms with van der Waals surface area (Å²) in [5.41, 5.74) is 0.820. The average Bonchev–Trinajstić information content (AvgIpc) is 3.22. The zero-order chi connectivity index (χ0) is 22.8. The number of hydrogen-bond donors (Lipinski definition) is 1. The lowest BCUT2D eigenvalue weighted by molar-refractivity contribution is -0.116. The first kappa shape index (κ1) is 21.2. The van der Waals surface area contributed by atoms with Crippen molar-refractivity contribution in [2.75, 3.05) is 5.32 Å². The van der Waals surface area contributed by atoms with Gasteiger partial charge in [-0.05, 0) is 37.1 Å². The molecule has 164 valence electrons. The van der Waals surface area contributed by atoms with E-state index in [1.54, 1.807) is 17.6 Å². The van der Waals surface area contributed by atoms with E-state index in [0.29, 0.717) is 12.1 Å². The van der Waals surface area contributed by atoms with Gasteiger partial charge in [0.25, 0.3) is 5.56 Å². The lowest BCUT2D eigenvalue weighted by Gasteiger charge is -2.13. The third-order valence-electron chi connectivity index (χ3n) is 5.27. The number of halogens is 1. The highest BCUT2D eigenvalue weighted by atomic mass is 19.1. The molecule has 4 aromatic rings. The van der Waals surface area contributed by atoms with Crippen LogP contribution in [0.4, 0.5) is 10.1 Å². The van der Waals surface area contributed by atoms with E-state index in [-0.39, 0.29) is 23.4 Å². The largest absolute Gasteiger partial charge is 0.333 e. The molecule has 2 aromatic heterocycles. The van der Waals surface area contributed by atoms with E-state index in [4.69, 9.17) is 0 Å². The molecule has 0 aliphatic carbocycles. The molecule has 0 fully saturated rings. The molecule has 0 radical (unpaired) electrons. The van der Waals surface area contributed by atoms with Crippen LogP contribution in [0.3, 0.4) is 0 Å². The maximum Gasteiger partial charge on any atom is 0.333 e. The van der Waals surface area contributed by atoms with Crippen LogP contribution in [0.1, 0.15) is 18.1 Å². The minimum Gasteiger partial charge on any atom is -0.325 e. The van der Waals surface area contributed by atoms with Crippen LogP contribution in [0.5, 0.6) is 0 Å². The van der Waals surface area contributed by atoms with Crippen molar-refractivity contribution >= 4 is 22.8 Å². The van der Waals surface area contributed by atoms with Crippen LogP contribution in [0.2, 0.25) is 0 Å². The highest BCUT2D eigenvalue weighted by Crippen LogP contribution is 2.14. The summed E-state index contributed by atoms with van der Waals surface area (Å²) < 4.78 is 17.7. The van der Waals surface area contributed by atoms with Gasteiger partial charge in [-0.1, -0.05) is 36.4 Å². The fraction of sp³-hybridized carbons (Fsp3) is 0.217. The molecule has 2 aromatic carbocycles. The van der Waals surface area contributed by atoms with Crippen LogP contribution in [0, 0.1) is 12.7 Å². The first-order valence-electron chi connectivity index (χ1n) is 10.2. The van der Waals surface area contributed by atoms with Crippen LogP contribution >= 0.6 is 0 Å². The van der Waals surface area contributed by atoms with Gasteiger partial charge in [0.1, 0.15) is 12.4 Å². The Bertz CT molecular complexity index is 1420. The Hall–Kier alpha value is -4.01. The summed E-state index contributed by atoms with van der Waals surface area (Å²) in [6.07, 6.45) is 1.51. The normalized spacial score (nSPS) is 11.1. The van der Waals surface area contributed by atoms with E-state index in [0.717, 1.165) is 10.1 Å². The molecule has 8 nitrogen and oxygen atoms in total. The second-order valence-corrected chi connectivity index (χ2v) is 7.46. The SMILES string of the molecule is CCn1cnc2c1c(=O)n(CC(=O)Nc1ccc(C)c(F)c1)c(=O)n2Cc1ccccc1. The molecule has 0 spiro atoms. The van der Waals surface area contributed by atoms with Gasteiger partial charge in [-0.25, -0.2) is 18.7 Å². The molecule has 32 heavy (non-hydrogen) atoms. The van der Waals surface area contributed by atoms with Gasteiger partial charge >= 0.3 is 5.69 Å². The number of carbonyl (C=O) groups is 1. The summed E-state index contributed by atoms with van der Waals surface area (Å²) in [7, 11) is 0. The lowest BCUT2D eigenvalue weighted by atomic mass is 10.2. The number of aromatic nitrogens is 4. The van der Waals surface area contributed by atoms with Crippen LogP contribution in [0.15, 0.2) is 64.4 Å². The Labute approximate surface area is 182 Å². The molecule has 1 amide bonds. The Morgan fingerprint density at radius 3 is 2.53 bits per heavy atom. The fourth-order valence-corrected chi connectivity index (χ4v) is 3.54. The first-order chi connectivity index (χ1) is 15.4. The van der Waals surface area contributed by atoms with Crippen molar-refractivity contribution in [1.82, 2.24) is 18.7 Å². The number of carbonyl (C=O) groups excluding carboxylic acids is 1. The minimum absolute atomic E-state index is 0.196. The number of anilines is 1. The zero-order valence-electron chi connectivity index (χ0n) is 17.7. The van der Waals surface area contributed by atoms with Crippen LogP contribution in [0.25, 0.3) is 11.2 Å². The topological polar surface area (TPSA) is 90.9 Å². The number of benzene rings is 2. The van der Waals surface area contributed by atoms with Crippen molar-refractivity contribution < 1.29 is 9.18 Å². The number of nitrogens with zero attached hydrogens (tertiary/aromatic N) is 4. The van der Waals surface area contributed by atoms with Gasteiger partial charge in [0, 0.05) is 12.2 Å². The third-order valence-corrected chi connectivity index (χ3v) is 5.27. The smallest absolute Gasteiger partial charge is 0.325 e. The molecule has 0 saturated heterocycles.